The molecule has 0 aliphatic heterocycles. The number of non-ortho nitro benzene ring substituents is 1. The van der Waals surface area contributed by atoms with Gasteiger partial charge >= 0.3 is 36.4 Å². The second kappa shape index (κ2) is 19.1. The molecule has 1 rings (SSSR count). The number of hydrogen-bond donors (Lipinski definition) is 6. The summed E-state index contributed by atoms with van der Waals surface area (Å²) >= 11 is 0. The number of carbonyl (C=O) groups is 3. The Bertz CT molecular complexity index is 948. The molecule has 23 heteroatoms. The fourth-order valence-corrected chi connectivity index (χ4v) is 2.16. The van der Waals surface area contributed by atoms with E-state index in [0.717, 1.165) is 5.56 Å². The minimum Gasteiger partial charge on any atom is -0.475 e. The normalized spacial score (nSPS) is 12.5. The highest BCUT2D eigenvalue weighted by atomic mass is 19.4. The van der Waals surface area contributed by atoms with E-state index in [4.69, 9.17) is 41.2 Å². The van der Waals surface area contributed by atoms with Crippen molar-refractivity contribution in [3.63, 3.8) is 0 Å². The molecule has 14 nitrogen and oxygen atoms in total. The number of nitrogens with one attached hydrogen (secondary N) is 1. The summed E-state index contributed by atoms with van der Waals surface area (Å²) in [4.78, 5) is 48.2. The van der Waals surface area contributed by atoms with E-state index in [1.807, 2.05) is 0 Å². The van der Waals surface area contributed by atoms with Crippen molar-refractivity contribution in [1.29, 1.82) is 0 Å². The van der Waals surface area contributed by atoms with Gasteiger partial charge in [-0.2, -0.15) is 44.4 Å². The standard InChI is InChI=1S/C13H21N5O3.3C2HF3O2/c14-6-5-13(17-19,10-16-8-7-15)9-11-1-3-12(4-2-11)18(20)21;3*3-2(4,5)1(6)7/h1-4,16H,5-10,14-15H2;3*(H,6,7). The number of alkyl halides is 9. The van der Waals surface area contributed by atoms with Gasteiger partial charge in [0, 0.05) is 38.2 Å². The van der Waals surface area contributed by atoms with Crippen LogP contribution in [0.5, 0.6) is 0 Å². The number of rotatable bonds is 10. The lowest BCUT2D eigenvalue weighted by Gasteiger charge is -2.26. The average molecular weight is 637 g/mol. The maximum absolute atomic E-state index is 11.3. The molecule has 1 aromatic carbocycles. The molecule has 0 aliphatic rings. The second-order valence-corrected chi connectivity index (χ2v) is 7.33. The van der Waals surface area contributed by atoms with E-state index in [1.54, 1.807) is 12.1 Å². The van der Waals surface area contributed by atoms with Gasteiger partial charge in [0.1, 0.15) is 5.54 Å². The van der Waals surface area contributed by atoms with Crippen molar-refractivity contribution in [2.45, 2.75) is 36.9 Å². The summed E-state index contributed by atoms with van der Waals surface area (Å²) in [7, 11) is 0. The van der Waals surface area contributed by atoms with Crippen molar-refractivity contribution < 1.29 is 74.1 Å². The number of halogens is 9. The van der Waals surface area contributed by atoms with Gasteiger partial charge in [-0.1, -0.05) is 17.3 Å². The van der Waals surface area contributed by atoms with Crippen LogP contribution in [0.15, 0.2) is 29.4 Å². The van der Waals surface area contributed by atoms with Gasteiger partial charge in [0.15, 0.2) is 0 Å². The van der Waals surface area contributed by atoms with Crippen LogP contribution in [0.3, 0.4) is 0 Å². The number of hydrogen-bond acceptors (Lipinski definition) is 10. The van der Waals surface area contributed by atoms with E-state index in [2.05, 4.69) is 10.5 Å². The van der Waals surface area contributed by atoms with Crippen LogP contribution < -0.4 is 16.8 Å². The van der Waals surface area contributed by atoms with Crippen LogP contribution in [-0.2, 0) is 20.8 Å². The van der Waals surface area contributed by atoms with E-state index >= 15 is 0 Å². The van der Waals surface area contributed by atoms with Gasteiger partial charge in [-0.05, 0) is 18.5 Å². The molecular weight excluding hydrogens is 613 g/mol. The number of nitrogens with two attached hydrogens (primary N) is 2. The minimum absolute atomic E-state index is 0.0171. The molecule has 0 aromatic heterocycles. The quantitative estimate of drug-likeness (QED) is 0.0712. The van der Waals surface area contributed by atoms with Gasteiger partial charge in [0.2, 0.25) is 0 Å². The van der Waals surface area contributed by atoms with Gasteiger partial charge in [0.25, 0.3) is 5.69 Å². The minimum atomic E-state index is -5.08. The smallest absolute Gasteiger partial charge is 0.475 e. The second-order valence-electron chi connectivity index (χ2n) is 7.33. The zero-order chi connectivity index (χ0) is 33.9. The third-order valence-corrected chi connectivity index (χ3v) is 3.99. The molecule has 0 aliphatic carbocycles. The first-order chi connectivity index (χ1) is 18.9. The van der Waals surface area contributed by atoms with Crippen LogP contribution in [0, 0.1) is 15.0 Å². The molecule has 0 saturated carbocycles. The van der Waals surface area contributed by atoms with E-state index in [1.165, 1.54) is 12.1 Å². The van der Waals surface area contributed by atoms with Crippen molar-refractivity contribution in [3.05, 3.63) is 44.9 Å². The monoisotopic (exact) mass is 637 g/mol. The average Bonchev–Trinajstić information content (AvgIpc) is 2.84. The van der Waals surface area contributed by atoms with Crippen molar-refractivity contribution >= 4 is 23.6 Å². The number of carboxylic acid groups (broad SMARTS) is 3. The van der Waals surface area contributed by atoms with Gasteiger partial charge in [-0.25, -0.2) is 14.4 Å². The number of nitrogens with zero attached hydrogens (tertiary/aromatic N) is 2. The molecule has 0 bridgehead atoms. The predicted octanol–water partition coefficient (Wildman–Crippen LogP) is 2.44. The summed E-state index contributed by atoms with van der Waals surface area (Å²) < 4.78 is 95.2. The SMILES string of the molecule is NCCNCC(CCN)(Cc1ccc([N+](=O)[O-])cc1)N=O.O=C(O)C(F)(F)F.O=C(O)C(F)(F)F.O=C(O)C(F)(F)F. The first-order valence-corrected chi connectivity index (χ1v) is 10.5. The maximum Gasteiger partial charge on any atom is 0.490 e. The topological polar surface area (TPSA) is 249 Å². The largest absolute Gasteiger partial charge is 0.490 e. The van der Waals surface area contributed by atoms with Crippen LogP contribution in [0.1, 0.15) is 12.0 Å². The highest BCUT2D eigenvalue weighted by Gasteiger charge is 2.39. The summed E-state index contributed by atoms with van der Waals surface area (Å²) in [5, 5.41) is 38.3. The Labute approximate surface area is 228 Å². The first-order valence-electron chi connectivity index (χ1n) is 10.5. The molecule has 1 aromatic rings. The summed E-state index contributed by atoms with van der Waals surface area (Å²) in [5.74, 6) is -8.27. The molecule has 0 spiro atoms. The number of nitro benzene ring substituents is 1. The van der Waals surface area contributed by atoms with E-state index < -0.39 is 46.9 Å². The molecule has 1 atom stereocenters. The Kier molecular flexibility index (Phi) is 19.2. The first kappa shape index (κ1) is 42.3. The molecule has 8 N–H and O–H groups in total. The number of benzene rings is 1. The van der Waals surface area contributed by atoms with E-state index in [0.29, 0.717) is 39.0 Å². The molecule has 242 valence electrons. The zero-order valence-corrected chi connectivity index (χ0v) is 20.8. The molecule has 0 amide bonds. The summed E-state index contributed by atoms with van der Waals surface area (Å²) in [6.07, 6.45) is -14.4. The number of aliphatic carboxylic acids is 3. The van der Waals surface area contributed by atoms with Gasteiger partial charge in [-0.3, -0.25) is 10.1 Å². The number of nitroso groups, excluding NO2 is 1. The number of carboxylic acids is 3. The highest BCUT2D eigenvalue weighted by Crippen LogP contribution is 2.23. The lowest BCUT2D eigenvalue weighted by Crippen LogP contribution is -2.43. The third kappa shape index (κ3) is 20.7. The van der Waals surface area contributed by atoms with Crippen molar-refractivity contribution in [2.75, 3.05) is 26.2 Å². The van der Waals surface area contributed by atoms with E-state index in [9.17, 15) is 54.5 Å². The Morgan fingerprint density at radius 1 is 0.810 bits per heavy atom. The number of nitro groups is 1. The molecule has 0 radical (unpaired) electrons. The van der Waals surface area contributed by atoms with Crippen LogP contribution in [0.4, 0.5) is 45.2 Å². The lowest BCUT2D eigenvalue weighted by molar-refractivity contribution is -0.384. The van der Waals surface area contributed by atoms with Crippen molar-refractivity contribution in [1.82, 2.24) is 5.32 Å². The molecule has 0 heterocycles. The van der Waals surface area contributed by atoms with Crippen LogP contribution in [0.2, 0.25) is 0 Å². The highest BCUT2D eigenvalue weighted by molar-refractivity contribution is 5.73. The van der Waals surface area contributed by atoms with Crippen LogP contribution in [-0.4, -0.2) is 88.4 Å². The summed E-state index contributed by atoms with van der Waals surface area (Å²) in [6, 6.07) is 6.11. The van der Waals surface area contributed by atoms with Crippen molar-refractivity contribution in [3.8, 4) is 0 Å². The lowest BCUT2D eigenvalue weighted by atomic mass is 9.88. The fraction of sp³-hybridized carbons (Fsp3) is 0.526. The van der Waals surface area contributed by atoms with E-state index in [-0.39, 0.29) is 5.69 Å². The Morgan fingerprint density at radius 2 is 1.17 bits per heavy atom. The molecule has 1 unspecified atom stereocenters. The summed E-state index contributed by atoms with van der Waals surface area (Å²) in [6.45, 7) is 1.77. The Balaban J connectivity index is -0.000000591. The van der Waals surface area contributed by atoms with Gasteiger partial charge in [0.05, 0.1) is 4.92 Å². The van der Waals surface area contributed by atoms with Crippen molar-refractivity contribution in [2.24, 2.45) is 16.6 Å². The summed E-state index contributed by atoms with van der Waals surface area (Å²) in [5.41, 5.74) is 10.9. The Hall–Kier alpha value is -4.12. The zero-order valence-electron chi connectivity index (χ0n) is 20.8. The fourth-order valence-electron chi connectivity index (χ4n) is 2.16. The third-order valence-electron chi connectivity index (χ3n) is 3.99. The molecule has 0 fully saturated rings. The molecule has 42 heavy (non-hydrogen) atoms. The van der Waals surface area contributed by atoms with Crippen LogP contribution >= 0.6 is 0 Å². The predicted molar refractivity (Wildman–Crippen MR) is 122 cm³/mol. The van der Waals surface area contributed by atoms with Crippen LogP contribution in [0.25, 0.3) is 0 Å². The molecular formula is C19H24F9N5O9. The molecule has 0 saturated heterocycles. The van der Waals surface area contributed by atoms with Gasteiger partial charge in [-0.15, -0.1) is 0 Å². The Morgan fingerprint density at radius 3 is 1.40 bits per heavy atom. The maximum atomic E-state index is 11.3. The van der Waals surface area contributed by atoms with Gasteiger partial charge < -0.3 is 32.1 Å².